The highest BCUT2D eigenvalue weighted by molar-refractivity contribution is 5.90. The Morgan fingerprint density at radius 1 is 1.03 bits per heavy atom. The van der Waals surface area contributed by atoms with E-state index < -0.39 is 0 Å². The van der Waals surface area contributed by atoms with Crippen molar-refractivity contribution in [3.63, 3.8) is 0 Å². The van der Waals surface area contributed by atoms with Gasteiger partial charge in [0, 0.05) is 23.9 Å². The lowest BCUT2D eigenvalue weighted by molar-refractivity contribution is -0.124. The highest BCUT2D eigenvalue weighted by Crippen LogP contribution is 2.40. The van der Waals surface area contributed by atoms with Crippen LogP contribution in [0.15, 0.2) is 24.3 Å². The summed E-state index contributed by atoms with van der Waals surface area (Å²) in [6.45, 7) is 5.90. The molecule has 2 aliphatic rings. The van der Waals surface area contributed by atoms with Crippen LogP contribution in [0.1, 0.15) is 69.8 Å². The number of benzene rings is 1. The van der Waals surface area contributed by atoms with Gasteiger partial charge in [-0.25, -0.2) is 14.6 Å². The van der Waals surface area contributed by atoms with Gasteiger partial charge in [0.2, 0.25) is 5.91 Å². The third-order valence-electron chi connectivity index (χ3n) is 6.92. The van der Waals surface area contributed by atoms with Crippen LogP contribution < -0.4 is 15.4 Å². The molecule has 180 valence electrons. The van der Waals surface area contributed by atoms with Crippen LogP contribution in [0.4, 0.5) is 5.82 Å². The number of ether oxygens (including phenoxy) is 1. The summed E-state index contributed by atoms with van der Waals surface area (Å²) in [6.07, 6.45) is 6.23. The first-order chi connectivity index (χ1) is 16.4. The van der Waals surface area contributed by atoms with Gasteiger partial charge < -0.3 is 15.4 Å². The molecule has 2 aliphatic carbocycles. The molecule has 8 nitrogen and oxygen atoms in total. The minimum absolute atomic E-state index is 0.0243. The maximum absolute atomic E-state index is 12.1. The highest BCUT2D eigenvalue weighted by Gasteiger charge is 2.30. The first-order valence-electron chi connectivity index (χ1n) is 12.4. The molecule has 3 aromatic rings. The van der Waals surface area contributed by atoms with E-state index in [-0.39, 0.29) is 17.9 Å². The van der Waals surface area contributed by atoms with Crippen LogP contribution in [-0.2, 0) is 4.79 Å². The fraction of sp³-hybridized carbons (Fsp3) is 0.538. The Labute approximate surface area is 200 Å². The fourth-order valence-corrected chi connectivity index (χ4v) is 4.67. The molecule has 34 heavy (non-hydrogen) atoms. The molecule has 0 aliphatic heterocycles. The molecule has 0 radical (unpaired) electrons. The van der Waals surface area contributed by atoms with Crippen molar-refractivity contribution in [1.82, 2.24) is 25.1 Å². The van der Waals surface area contributed by atoms with Crippen LogP contribution in [0.3, 0.4) is 0 Å². The number of carbonyl (C=O) groups excluding carboxylic acids is 1. The van der Waals surface area contributed by atoms with Crippen LogP contribution in [-0.4, -0.2) is 44.8 Å². The smallest absolute Gasteiger partial charge is 0.222 e. The van der Waals surface area contributed by atoms with E-state index in [4.69, 9.17) is 19.8 Å². The Balaban J connectivity index is 1.41. The van der Waals surface area contributed by atoms with Gasteiger partial charge >= 0.3 is 0 Å². The third-order valence-corrected chi connectivity index (χ3v) is 6.92. The zero-order chi connectivity index (χ0) is 23.8. The van der Waals surface area contributed by atoms with E-state index >= 15 is 0 Å². The number of rotatable bonds is 7. The van der Waals surface area contributed by atoms with Crippen LogP contribution in [0, 0.1) is 12.8 Å². The second-order valence-corrected chi connectivity index (χ2v) is 9.95. The zero-order valence-corrected chi connectivity index (χ0v) is 20.5. The highest BCUT2D eigenvalue weighted by atomic mass is 16.5. The molecule has 2 saturated carbocycles. The summed E-state index contributed by atoms with van der Waals surface area (Å²) in [5.41, 5.74) is 2.71. The Morgan fingerprint density at radius 3 is 2.32 bits per heavy atom. The van der Waals surface area contributed by atoms with Crippen molar-refractivity contribution in [2.45, 2.75) is 77.3 Å². The average molecular weight is 463 g/mol. The van der Waals surface area contributed by atoms with Crippen molar-refractivity contribution in [3.05, 3.63) is 35.8 Å². The molecular formula is C26H34N6O2. The van der Waals surface area contributed by atoms with E-state index in [0.717, 1.165) is 78.3 Å². The molecule has 8 heteroatoms. The Kier molecular flexibility index (Phi) is 6.15. The van der Waals surface area contributed by atoms with Crippen molar-refractivity contribution in [2.75, 3.05) is 12.4 Å². The van der Waals surface area contributed by atoms with Gasteiger partial charge in [0.25, 0.3) is 0 Å². The number of carbonyl (C=O) groups is 1. The lowest BCUT2D eigenvalue weighted by Gasteiger charge is -2.30. The molecule has 0 unspecified atom stereocenters. The second kappa shape index (κ2) is 9.24. The third kappa shape index (κ3) is 4.58. The normalized spacial score (nSPS) is 20.5. The van der Waals surface area contributed by atoms with Gasteiger partial charge in [-0.3, -0.25) is 4.79 Å². The van der Waals surface area contributed by atoms with E-state index in [1.165, 1.54) is 0 Å². The number of methoxy groups -OCH3 is 1. The largest absolute Gasteiger partial charge is 0.497 e. The molecule has 0 atom stereocenters. The second-order valence-electron chi connectivity index (χ2n) is 9.95. The van der Waals surface area contributed by atoms with Gasteiger partial charge in [-0.2, -0.15) is 5.10 Å². The van der Waals surface area contributed by atoms with E-state index in [1.807, 2.05) is 49.7 Å². The molecule has 0 bridgehead atoms. The Hall–Kier alpha value is -3.16. The molecule has 2 fully saturated rings. The molecule has 2 heterocycles. The number of anilines is 1. The predicted octanol–water partition coefficient (Wildman–Crippen LogP) is 4.51. The minimum Gasteiger partial charge on any atom is -0.497 e. The van der Waals surface area contributed by atoms with Gasteiger partial charge in [0.15, 0.2) is 5.65 Å². The number of hydrogen-bond acceptors (Lipinski definition) is 6. The average Bonchev–Trinajstić information content (AvgIpc) is 3.64. The van der Waals surface area contributed by atoms with Crippen molar-refractivity contribution in [2.24, 2.45) is 5.92 Å². The quantitative estimate of drug-likeness (QED) is 0.537. The lowest BCUT2D eigenvalue weighted by atomic mass is 9.90. The van der Waals surface area contributed by atoms with E-state index in [0.29, 0.717) is 12.0 Å². The summed E-state index contributed by atoms with van der Waals surface area (Å²) in [6, 6.07) is 8.47. The van der Waals surface area contributed by atoms with E-state index in [1.54, 1.807) is 7.11 Å². The van der Waals surface area contributed by atoms with Crippen LogP contribution in [0.25, 0.3) is 16.7 Å². The summed E-state index contributed by atoms with van der Waals surface area (Å²) in [7, 11) is 1.67. The van der Waals surface area contributed by atoms with Crippen molar-refractivity contribution >= 4 is 22.8 Å². The first kappa shape index (κ1) is 22.6. The molecular weight excluding hydrogens is 428 g/mol. The topological polar surface area (TPSA) is 94.0 Å². The molecule has 1 aromatic carbocycles. The Morgan fingerprint density at radius 2 is 1.71 bits per heavy atom. The molecule has 5 rings (SSSR count). The SMILES string of the molecule is COc1ccc(-n2nc(C)c3c(NC4CCC(NC(=O)C(C)C)CC4)nc(C4CC4)nc32)cc1. The van der Waals surface area contributed by atoms with Crippen molar-refractivity contribution < 1.29 is 9.53 Å². The zero-order valence-electron chi connectivity index (χ0n) is 20.5. The number of hydrogen-bond donors (Lipinski definition) is 2. The summed E-state index contributed by atoms with van der Waals surface area (Å²) < 4.78 is 7.23. The maximum Gasteiger partial charge on any atom is 0.222 e. The number of aryl methyl sites for hydroxylation is 1. The molecule has 0 saturated heterocycles. The minimum atomic E-state index is 0.0243. The van der Waals surface area contributed by atoms with Crippen molar-refractivity contribution in [3.8, 4) is 11.4 Å². The van der Waals surface area contributed by atoms with Crippen LogP contribution in [0.5, 0.6) is 5.75 Å². The van der Waals surface area contributed by atoms with E-state index in [9.17, 15) is 4.79 Å². The number of amides is 1. The fourth-order valence-electron chi connectivity index (χ4n) is 4.67. The number of aromatic nitrogens is 4. The first-order valence-corrected chi connectivity index (χ1v) is 12.4. The maximum atomic E-state index is 12.1. The molecule has 2 aromatic heterocycles. The number of nitrogens with one attached hydrogen (secondary N) is 2. The van der Waals surface area contributed by atoms with Gasteiger partial charge in [0.05, 0.1) is 23.9 Å². The van der Waals surface area contributed by atoms with Crippen molar-refractivity contribution in [1.29, 1.82) is 0 Å². The predicted molar refractivity (Wildman–Crippen MR) is 133 cm³/mol. The van der Waals surface area contributed by atoms with Gasteiger partial charge in [0.1, 0.15) is 17.4 Å². The molecule has 2 N–H and O–H groups in total. The summed E-state index contributed by atoms with van der Waals surface area (Å²) in [5.74, 6) is 3.21. The molecule has 0 spiro atoms. The Bertz CT molecular complexity index is 1170. The van der Waals surface area contributed by atoms with Gasteiger partial charge in [-0.05, 0) is 69.7 Å². The summed E-state index contributed by atoms with van der Waals surface area (Å²) in [5, 5.41) is 12.7. The molecule has 1 amide bonds. The van der Waals surface area contributed by atoms with E-state index in [2.05, 4.69) is 10.6 Å². The summed E-state index contributed by atoms with van der Waals surface area (Å²) in [4.78, 5) is 22.0. The van der Waals surface area contributed by atoms with Gasteiger partial charge in [-0.15, -0.1) is 0 Å². The lowest BCUT2D eigenvalue weighted by Crippen LogP contribution is -2.41. The standard InChI is InChI=1S/C26H34N6O2/c1-15(2)26(33)28-19-9-7-18(8-10-19)27-24-22-16(3)31-32(20-11-13-21(34-4)14-12-20)25(22)30-23(29-24)17-5-6-17/h11-15,17-19H,5-10H2,1-4H3,(H,28,33)(H,27,29,30). The van der Waals surface area contributed by atoms with Gasteiger partial charge in [-0.1, -0.05) is 13.8 Å². The number of nitrogens with zero attached hydrogens (tertiary/aromatic N) is 4. The monoisotopic (exact) mass is 462 g/mol. The van der Waals surface area contributed by atoms with Crippen LogP contribution in [0.2, 0.25) is 0 Å². The summed E-state index contributed by atoms with van der Waals surface area (Å²) >= 11 is 0. The number of fused-ring (bicyclic) bond motifs is 1. The van der Waals surface area contributed by atoms with Crippen LogP contribution >= 0.6 is 0 Å².